The van der Waals surface area contributed by atoms with Crippen molar-refractivity contribution in [1.29, 1.82) is 0 Å². The summed E-state index contributed by atoms with van der Waals surface area (Å²) in [5.41, 5.74) is 0. The van der Waals surface area contributed by atoms with Crippen molar-refractivity contribution < 1.29 is 24.5 Å². The third-order valence-electron chi connectivity index (χ3n) is 11.1. The minimum absolute atomic E-state index is 0.0138. The predicted molar refractivity (Wildman–Crippen MR) is 232 cm³/mol. The van der Waals surface area contributed by atoms with Crippen molar-refractivity contribution in [1.82, 2.24) is 5.32 Å². The number of allylic oxidation sites excluding steroid dienone is 2. The first-order valence-corrected chi connectivity index (χ1v) is 23.9. The second kappa shape index (κ2) is 44.3. The topological polar surface area (TPSA) is 95.9 Å². The second-order valence-corrected chi connectivity index (χ2v) is 16.4. The summed E-state index contributed by atoms with van der Waals surface area (Å²) >= 11 is 0. The number of unbranched alkanes of at least 4 members (excludes halogenated alkanes) is 31. The van der Waals surface area contributed by atoms with E-state index in [0.29, 0.717) is 25.9 Å². The minimum Gasteiger partial charge on any atom is -0.466 e. The number of hydrogen-bond acceptors (Lipinski definition) is 5. The van der Waals surface area contributed by atoms with Crippen molar-refractivity contribution in [2.75, 3.05) is 13.2 Å². The molecule has 0 aliphatic rings. The molecule has 0 radical (unpaired) electrons. The smallest absolute Gasteiger partial charge is 0.305 e. The number of ether oxygens (including phenoxy) is 1. The monoisotopic (exact) mass is 764 g/mol. The lowest BCUT2D eigenvalue weighted by Crippen LogP contribution is -2.45. The molecule has 3 N–H and O–H groups in total. The zero-order chi connectivity index (χ0) is 39.4. The van der Waals surface area contributed by atoms with Crippen LogP contribution in [0.5, 0.6) is 0 Å². The average Bonchev–Trinajstić information content (AvgIpc) is 3.17. The van der Waals surface area contributed by atoms with Gasteiger partial charge in [0.15, 0.2) is 0 Å². The van der Waals surface area contributed by atoms with E-state index in [0.717, 1.165) is 51.4 Å². The maximum absolute atomic E-state index is 12.4. The van der Waals surface area contributed by atoms with E-state index in [-0.39, 0.29) is 18.5 Å². The molecular formula is C48H93NO5. The average molecular weight is 764 g/mol. The van der Waals surface area contributed by atoms with Crippen LogP contribution >= 0.6 is 0 Å². The van der Waals surface area contributed by atoms with Crippen LogP contribution < -0.4 is 5.32 Å². The molecule has 0 bridgehead atoms. The van der Waals surface area contributed by atoms with Crippen molar-refractivity contribution >= 4 is 11.9 Å². The number of rotatable bonds is 44. The van der Waals surface area contributed by atoms with E-state index in [4.69, 9.17) is 4.74 Å². The number of hydrogen-bond donors (Lipinski definition) is 3. The van der Waals surface area contributed by atoms with Crippen LogP contribution in [0.2, 0.25) is 0 Å². The van der Waals surface area contributed by atoms with E-state index >= 15 is 0 Å². The predicted octanol–water partition coefficient (Wildman–Crippen LogP) is 13.8. The number of carbonyl (C=O) groups excluding carboxylic acids is 2. The van der Waals surface area contributed by atoms with Gasteiger partial charge in [0.25, 0.3) is 0 Å². The highest BCUT2D eigenvalue weighted by molar-refractivity contribution is 5.76. The number of aliphatic hydroxyl groups is 2. The third-order valence-corrected chi connectivity index (χ3v) is 11.1. The molecule has 1 amide bonds. The largest absolute Gasteiger partial charge is 0.466 e. The number of aliphatic hydroxyl groups excluding tert-OH is 2. The van der Waals surface area contributed by atoms with Gasteiger partial charge in [-0.25, -0.2) is 0 Å². The zero-order valence-electron chi connectivity index (χ0n) is 36.2. The molecule has 0 spiro atoms. The zero-order valence-corrected chi connectivity index (χ0v) is 36.2. The minimum atomic E-state index is -0.669. The van der Waals surface area contributed by atoms with Crippen LogP contribution in [-0.2, 0) is 14.3 Å². The van der Waals surface area contributed by atoms with Crippen LogP contribution in [0.4, 0.5) is 0 Å². The lowest BCUT2D eigenvalue weighted by Gasteiger charge is -2.22. The lowest BCUT2D eigenvalue weighted by atomic mass is 10.0. The van der Waals surface area contributed by atoms with E-state index < -0.39 is 12.1 Å². The molecule has 0 aromatic carbocycles. The van der Waals surface area contributed by atoms with Gasteiger partial charge in [0.05, 0.1) is 25.4 Å². The van der Waals surface area contributed by atoms with Crippen molar-refractivity contribution in [3.8, 4) is 0 Å². The van der Waals surface area contributed by atoms with Crippen LogP contribution in [0.3, 0.4) is 0 Å². The van der Waals surface area contributed by atoms with Gasteiger partial charge < -0.3 is 20.3 Å². The Morgan fingerprint density at radius 3 is 1.31 bits per heavy atom. The summed E-state index contributed by atoms with van der Waals surface area (Å²) in [7, 11) is 0. The van der Waals surface area contributed by atoms with Crippen LogP contribution in [0, 0.1) is 0 Å². The first-order chi connectivity index (χ1) is 26.5. The Balaban J connectivity index is 3.43. The Labute approximate surface area is 336 Å². The van der Waals surface area contributed by atoms with Gasteiger partial charge >= 0.3 is 5.97 Å². The molecule has 0 saturated heterocycles. The normalized spacial score (nSPS) is 12.7. The van der Waals surface area contributed by atoms with Gasteiger partial charge in [-0.2, -0.15) is 0 Å². The summed E-state index contributed by atoms with van der Waals surface area (Å²) in [6.07, 6.45) is 48.9. The SMILES string of the molecule is CCCCCCCC/C=C\CCCCCCCC(=O)OCCCCCCCCCCCCCCCC(=O)NC(CO)C(O)CCCCCCCCCCC. The van der Waals surface area contributed by atoms with Crippen LogP contribution in [-0.4, -0.2) is 47.4 Å². The van der Waals surface area contributed by atoms with E-state index in [1.165, 1.54) is 173 Å². The maximum Gasteiger partial charge on any atom is 0.305 e. The molecule has 6 heteroatoms. The molecule has 0 aliphatic heterocycles. The summed E-state index contributed by atoms with van der Waals surface area (Å²) in [5, 5.41) is 23.0. The molecule has 0 aromatic heterocycles. The van der Waals surface area contributed by atoms with Gasteiger partial charge in [0.1, 0.15) is 0 Å². The first kappa shape index (κ1) is 52.6. The fourth-order valence-electron chi connectivity index (χ4n) is 7.34. The summed E-state index contributed by atoms with van der Waals surface area (Å²) in [4.78, 5) is 24.4. The maximum atomic E-state index is 12.4. The fourth-order valence-corrected chi connectivity index (χ4v) is 7.34. The molecule has 54 heavy (non-hydrogen) atoms. The summed E-state index contributed by atoms with van der Waals surface area (Å²) < 4.78 is 5.45. The third kappa shape index (κ3) is 40.3. The molecule has 0 fully saturated rings. The number of nitrogens with one attached hydrogen (secondary N) is 1. The van der Waals surface area contributed by atoms with Crippen molar-refractivity contribution in [3.05, 3.63) is 12.2 Å². The van der Waals surface area contributed by atoms with Gasteiger partial charge in [0, 0.05) is 12.8 Å². The second-order valence-electron chi connectivity index (χ2n) is 16.4. The van der Waals surface area contributed by atoms with Gasteiger partial charge in [-0.15, -0.1) is 0 Å². The van der Waals surface area contributed by atoms with Crippen molar-refractivity contribution in [3.63, 3.8) is 0 Å². The molecule has 0 aliphatic carbocycles. The molecular weight excluding hydrogens is 671 g/mol. The summed E-state index contributed by atoms with van der Waals surface area (Å²) in [5.74, 6) is -0.0645. The molecule has 6 nitrogen and oxygen atoms in total. The Hall–Kier alpha value is -1.40. The lowest BCUT2D eigenvalue weighted by molar-refractivity contribution is -0.143. The molecule has 320 valence electrons. The van der Waals surface area contributed by atoms with Crippen LogP contribution in [0.1, 0.15) is 258 Å². The van der Waals surface area contributed by atoms with Gasteiger partial charge in [-0.1, -0.05) is 206 Å². The van der Waals surface area contributed by atoms with Crippen LogP contribution in [0.25, 0.3) is 0 Å². The molecule has 2 unspecified atom stereocenters. The van der Waals surface area contributed by atoms with E-state index in [2.05, 4.69) is 31.3 Å². The van der Waals surface area contributed by atoms with E-state index in [9.17, 15) is 19.8 Å². The summed E-state index contributed by atoms with van der Waals surface area (Å²) in [6.45, 7) is 4.89. The summed E-state index contributed by atoms with van der Waals surface area (Å²) in [6, 6.07) is -0.548. The highest BCUT2D eigenvalue weighted by atomic mass is 16.5. The molecule has 0 aromatic rings. The van der Waals surface area contributed by atoms with Gasteiger partial charge in [-0.05, 0) is 51.4 Å². The van der Waals surface area contributed by atoms with Gasteiger partial charge in [0.2, 0.25) is 5.91 Å². The van der Waals surface area contributed by atoms with E-state index in [1.807, 2.05) is 0 Å². The van der Waals surface area contributed by atoms with E-state index in [1.54, 1.807) is 0 Å². The van der Waals surface area contributed by atoms with Gasteiger partial charge in [-0.3, -0.25) is 9.59 Å². The quantitative estimate of drug-likeness (QED) is 0.0326. The Morgan fingerprint density at radius 1 is 0.500 bits per heavy atom. The Morgan fingerprint density at radius 2 is 0.870 bits per heavy atom. The Kier molecular flexibility index (Phi) is 43.2. The molecule has 0 rings (SSSR count). The number of esters is 1. The molecule has 0 heterocycles. The number of carbonyl (C=O) groups is 2. The fraction of sp³-hybridized carbons (Fsp3) is 0.917. The highest BCUT2D eigenvalue weighted by Gasteiger charge is 2.20. The Bertz CT molecular complexity index is 802. The molecule has 2 atom stereocenters. The first-order valence-electron chi connectivity index (χ1n) is 23.9. The van der Waals surface area contributed by atoms with Crippen molar-refractivity contribution in [2.45, 2.75) is 270 Å². The molecule has 0 saturated carbocycles. The highest BCUT2D eigenvalue weighted by Crippen LogP contribution is 2.16. The standard InChI is InChI=1S/C48H93NO5/c1-3-5-7-9-11-13-14-15-16-19-22-26-30-34-38-42-48(53)54-43-39-35-31-27-23-20-17-18-21-25-29-33-37-41-47(52)49-45(44-50)46(51)40-36-32-28-24-12-10-8-6-4-2/h15-16,45-46,50-51H,3-14,17-44H2,1-2H3,(H,49,52)/b16-15-. The van der Waals surface area contributed by atoms with Crippen LogP contribution in [0.15, 0.2) is 12.2 Å². The van der Waals surface area contributed by atoms with Crippen molar-refractivity contribution in [2.24, 2.45) is 0 Å². The number of amides is 1.